The van der Waals surface area contributed by atoms with E-state index in [1.165, 1.54) is 6.07 Å². The van der Waals surface area contributed by atoms with Crippen molar-refractivity contribution in [1.82, 2.24) is 9.88 Å². The average Bonchev–Trinajstić information content (AvgIpc) is 2.47. The fourth-order valence-corrected chi connectivity index (χ4v) is 2.52. The lowest BCUT2D eigenvalue weighted by molar-refractivity contribution is -0.149. The van der Waals surface area contributed by atoms with Gasteiger partial charge in [0, 0.05) is 18.8 Å². The fourth-order valence-electron chi connectivity index (χ4n) is 2.52. The molecule has 6 heteroatoms. The number of piperidine rings is 1. The number of carbonyl (C=O) groups is 2. The lowest BCUT2D eigenvalue weighted by Gasteiger charge is -2.31. The molecule has 21 heavy (non-hydrogen) atoms. The molecule has 1 amide bonds. The first-order valence-electron chi connectivity index (χ1n) is 7.18. The predicted octanol–water partition coefficient (Wildman–Crippen LogP) is 1.10. The van der Waals surface area contributed by atoms with Crippen LogP contribution >= 0.6 is 0 Å². The molecular formula is C15H20N2O4. The number of hydrogen-bond donors (Lipinski definition) is 1. The summed E-state index contributed by atoms with van der Waals surface area (Å²) in [6, 6.07) is 3.23. The number of H-pyrrole nitrogens is 1. The van der Waals surface area contributed by atoms with Crippen LogP contribution in [0.2, 0.25) is 0 Å². The Morgan fingerprint density at radius 1 is 1.43 bits per heavy atom. The highest BCUT2D eigenvalue weighted by Crippen LogP contribution is 2.19. The molecular weight excluding hydrogens is 272 g/mol. The fraction of sp³-hybridized carbons (Fsp3) is 0.533. The van der Waals surface area contributed by atoms with Gasteiger partial charge in [0.1, 0.15) is 5.56 Å². The van der Waals surface area contributed by atoms with Crippen LogP contribution in [0.4, 0.5) is 0 Å². The third-order valence-electron chi connectivity index (χ3n) is 3.61. The molecule has 0 saturated carbocycles. The maximum absolute atomic E-state index is 12.4. The van der Waals surface area contributed by atoms with Crippen molar-refractivity contribution in [2.24, 2.45) is 5.92 Å². The molecule has 0 unspecified atom stereocenters. The number of esters is 1. The summed E-state index contributed by atoms with van der Waals surface area (Å²) in [6.07, 6.45) is 1.45. The molecule has 2 rings (SSSR count). The zero-order valence-corrected chi connectivity index (χ0v) is 12.3. The van der Waals surface area contributed by atoms with Gasteiger partial charge in [-0.25, -0.2) is 0 Å². The van der Waals surface area contributed by atoms with Crippen LogP contribution in [-0.4, -0.2) is 41.5 Å². The number of ether oxygens (including phenoxy) is 1. The first kappa shape index (κ1) is 15.3. The van der Waals surface area contributed by atoms with Crippen molar-refractivity contribution >= 4 is 11.9 Å². The Kier molecular flexibility index (Phi) is 4.77. The lowest BCUT2D eigenvalue weighted by Crippen LogP contribution is -2.44. The van der Waals surface area contributed by atoms with Gasteiger partial charge in [0.2, 0.25) is 0 Å². The summed E-state index contributed by atoms with van der Waals surface area (Å²) >= 11 is 0. The van der Waals surface area contributed by atoms with Crippen LogP contribution in [0.15, 0.2) is 16.9 Å². The molecule has 0 bridgehead atoms. The molecule has 2 heterocycles. The number of likely N-dealkylation sites (tertiary alicyclic amines) is 1. The van der Waals surface area contributed by atoms with Gasteiger partial charge in [-0.05, 0) is 38.8 Å². The van der Waals surface area contributed by atoms with E-state index < -0.39 is 5.56 Å². The number of amides is 1. The molecule has 1 N–H and O–H groups in total. The number of hydrogen-bond acceptors (Lipinski definition) is 4. The van der Waals surface area contributed by atoms with Gasteiger partial charge in [-0.1, -0.05) is 0 Å². The molecule has 1 fully saturated rings. The third-order valence-corrected chi connectivity index (χ3v) is 3.61. The quantitative estimate of drug-likeness (QED) is 0.846. The van der Waals surface area contributed by atoms with Crippen LogP contribution in [0.25, 0.3) is 0 Å². The van der Waals surface area contributed by atoms with Crippen LogP contribution in [0.3, 0.4) is 0 Å². The molecule has 0 aromatic carbocycles. The smallest absolute Gasteiger partial charge is 0.310 e. The molecule has 1 aromatic rings. The second kappa shape index (κ2) is 6.56. The van der Waals surface area contributed by atoms with Crippen molar-refractivity contribution < 1.29 is 14.3 Å². The molecule has 1 saturated heterocycles. The minimum absolute atomic E-state index is 0.116. The first-order chi connectivity index (χ1) is 10.0. The largest absolute Gasteiger partial charge is 0.466 e. The van der Waals surface area contributed by atoms with Crippen LogP contribution in [0, 0.1) is 12.8 Å². The summed E-state index contributed by atoms with van der Waals surface area (Å²) in [4.78, 5) is 40.2. The van der Waals surface area contributed by atoms with E-state index in [9.17, 15) is 14.4 Å². The highest BCUT2D eigenvalue weighted by molar-refractivity contribution is 5.94. The highest BCUT2D eigenvalue weighted by atomic mass is 16.5. The van der Waals surface area contributed by atoms with Gasteiger partial charge in [-0.2, -0.15) is 0 Å². The van der Waals surface area contributed by atoms with Crippen LogP contribution in [-0.2, 0) is 9.53 Å². The lowest BCUT2D eigenvalue weighted by atomic mass is 9.97. The Hall–Kier alpha value is -2.11. The Labute approximate surface area is 123 Å². The van der Waals surface area contributed by atoms with E-state index in [2.05, 4.69) is 4.98 Å². The Balaban J connectivity index is 2.12. The van der Waals surface area contributed by atoms with E-state index in [1.807, 2.05) is 0 Å². The highest BCUT2D eigenvalue weighted by Gasteiger charge is 2.30. The summed E-state index contributed by atoms with van der Waals surface area (Å²) in [7, 11) is 0. The summed E-state index contributed by atoms with van der Waals surface area (Å²) in [5, 5.41) is 0. The second-order valence-electron chi connectivity index (χ2n) is 5.23. The molecule has 0 spiro atoms. The maximum Gasteiger partial charge on any atom is 0.310 e. The van der Waals surface area contributed by atoms with Gasteiger partial charge in [-0.15, -0.1) is 0 Å². The number of pyridine rings is 1. The topological polar surface area (TPSA) is 79.5 Å². The second-order valence-corrected chi connectivity index (χ2v) is 5.23. The van der Waals surface area contributed by atoms with Crippen molar-refractivity contribution in [2.45, 2.75) is 26.7 Å². The molecule has 1 atom stereocenters. The Bertz CT molecular complexity index is 594. The third kappa shape index (κ3) is 3.51. The van der Waals surface area contributed by atoms with Crippen LogP contribution < -0.4 is 5.56 Å². The first-order valence-corrected chi connectivity index (χ1v) is 7.18. The van der Waals surface area contributed by atoms with Crippen molar-refractivity contribution in [1.29, 1.82) is 0 Å². The Morgan fingerprint density at radius 3 is 2.86 bits per heavy atom. The summed E-state index contributed by atoms with van der Waals surface area (Å²) in [5.41, 5.74) is 0.433. The molecule has 1 aliphatic rings. The van der Waals surface area contributed by atoms with Crippen LogP contribution in [0.1, 0.15) is 35.8 Å². The van der Waals surface area contributed by atoms with Gasteiger partial charge in [0.25, 0.3) is 11.5 Å². The van der Waals surface area contributed by atoms with E-state index in [-0.39, 0.29) is 23.4 Å². The predicted molar refractivity (Wildman–Crippen MR) is 77.1 cm³/mol. The minimum Gasteiger partial charge on any atom is -0.466 e. The number of carbonyl (C=O) groups excluding carboxylic acids is 2. The van der Waals surface area contributed by atoms with E-state index in [0.29, 0.717) is 31.8 Å². The van der Waals surface area contributed by atoms with E-state index in [4.69, 9.17) is 4.74 Å². The zero-order chi connectivity index (χ0) is 15.4. The summed E-state index contributed by atoms with van der Waals surface area (Å²) < 4.78 is 5.01. The van der Waals surface area contributed by atoms with Gasteiger partial charge in [0.05, 0.1) is 12.5 Å². The van der Waals surface area contributed by atoms with Gasteiger partial charge in [-0.3, -0.25) is 14.4 Å². The molecule has 0 aliphatic carbocycles. The van der Waals surface area contributed by atoms with E-state index in [0.717, 1.165) is 6.42 Å². The molecule has 1 aromatic heterocycles. The maximum atomic E-state index is 12.4. The van der Waals surface area contributed by atoms with E-state index in [1.54, 1.807) is 24.8 Å². The number of nitrogens with zero attached hydrogens (tertiary/aromatic N) is 1. The van der Waals surface area contributed by atoms with Gasteiger partial charge in [0.15, 0.2) is 0 Å². The van der Waals surface area contributed by atoms with Gasteiger partial charge >= 0.3 is 5.97 Å². The number of aromatic nitrogens is 1. The number of aromatic amines is 1. The summed E-state index contributed by atoms with van der Waals surface area (Å²) in [5.74, 6) is -0.898. The van der Waals surface area contributed by atoms with Crippen molar-refractivity contribution in [2.75, 3.05) is 19.7 Å². The average molecular weight is 292 g/mol. The Morgan fingerprint density at radius 2 is 2.19 bits per heavy atom. The van der Waals surface area contributed by atoms with Crippen LogP contribution in [0.5, 0.6) is 0 Å². The van der Waals surface area contributed by atoms with Crippen molar-refractivity contribution in [3.63, 3.8) is 0 Å². The molecule has 1 aliphatic heterocycles. The molecule has 0 radical (unpaired) electrons. The minimum atomic E-state index is -0.391. The number of rotatable bonds is 3. The van der Waals surface area contributed by atoms with E-state index >= 15 is 0 Å². The normalized spacial score (nSPS) is 18.4. The van der Waals surface area contributed by atoms with Gasteiger partial charge < -0.3 is 14.6 Å². The summed E-state index contributed by atoms with van der Waals surface area (Å²) in [6.45, 7) is 4.72. The SMILES string of the molecule is CCOC(=O)[C@H]1CCCN(C(=O)c2ccc(C)[nH]c2=O)C1. The number of nitrogens with one attached hydrogen (secondary N) is 1. The zero-order valence-electron chi connectivity index (χ0n) is 12.3. The molecule has 114 valence electrons. The molecule has 6 nitrogen and oxygen atoms in total. The van der Waals surface area contributed by atoms with Crippen molar-refractivity contribution in [3.8, 4) is 0 Å². The standard InChI is InChI=1S/C15H20N2O4/c1-3-21-15(20)11-5-4-8-17(9-11)14(19)12-7-6-10(2)16-13(12)18/h6-7,11H,3-5,8-9H2,1-2H3,(H,16,18)/t11-/m0/s1. The number of aryl methyl sites for hydroxylation is 1. The van der Waals surface area contributed by atoms with Crippen molar-refractivity contribution in [3.05, 3.63) is 33.7 Å². The monoisotopic (exact) mass is 292 g/mol.